The molecule has 0 saturated carbocycles. The predicted molar refractivity (Wildman–Crippen MR) is 133 cm³/mol. The van der Waals surface area contributed by atoms with Crippen molar-refractivity contribution < 1.29 is 18.7 Å². The Morgan fingerprint density at radius 1 is 1.12 bits per heavy atom. The van der Waals surface area contributed by atoms with Crippen LogP contribution < -0.4 is 14.8 Å². The number of ether oxygens (including phenoxy) is 3. The molecular formula is C25H33ClN4O4. The molecule has 0 bridgehead atoms. The molecule has 0 unspecified atom stereocenters. The van der Waals surface area contributed by atoms with E-state index in [9.17, 15) is 0 Å². The van der Waals surface area contributed by atoms with Crippen LogP contribution in [0.2, 0.25) is 5.02 Å². The number of rotatable bonds is 8. The average molecular weight is 489 g/mol. The number of benzene rings is 1. The lowest BCUT2D eigenvalue weighted by Crippen LogP contribution is -2.11. The molecule has 184 valence electrons. The van der Waals surface area contributed by atoms with E-state index in [4.69, 9.17) is 35.3 Å². The molecule has 34 heavy (non-hydrogen) atoms. The Bertz CT molecular complexity index is 1060. The van der Waals surface area contributed by atoms with E-state index >= 15 is 0 Å². The molecule has 3 heterocycles. The molecule has 0 aliphatic carbocycles. The van der Waals surface area contributed by atoms with E-state index in [0.717, 1.165) is 43.0 Å². The molecule has 1 saturated heterocycles. The number of aromatic nitrogens is 3. The zero-order chi connectivity index (χ0) is 24.5. The summed E-state index contributed by atoms with van der Waals surface area (Å²) in [7, 11) is 3.50. The van der Waals surface area contributed by atoms with E-state index in [1.807, 2.05) is 40.0 Å². The number of nitrogens with one attached hydrogen (secondary N) is 1. The first kappa shape index (κ1) is 25.9. The summed E-state index contributed by atoms with van der Waals surface area (Å²) < 4.78 is 21.6. The summed E-state index contributed by atoms with van der Waals surface area (Å²) in [5.74, 6) is 2.32. The maximum absolute atomic E-state index is 6.47. The molecule has 0 amide bonds. The smallest absolute Gasteiger partial charge is 0.220 e. The average Bonchev–Trinajstić information content (AvgIpc) is 3.52. The van der Waals surface area contributed by atoms with Gasteiger partial charge in [-0.25, -0.2) is 4.98 Å². The fraction of sp³-hybridized carbons (Fsp3) is 0.480. The second-order valence-electron chi connectivity index (χ2n) is 8.00. The minimum Gasteiger partial charge on any atom is -0.494 e. The summed E-state index contributed by atoms with van der Waals surface area (Å²) in [6, 6.07) is 5.48. The van der Waals surface area contributed by atoms with Gasteiger partial charge in [0.1, 0.15) is 11.5 Å². The summed E-state index contributed by atoms with van der Waals surface area (Å²) in [4.78, 5) is 9.35. The number of aryl methyl sites for hydroxylation is 2. The zero-order valence-electron chi connectivity index (χ0n) is 20.5. The summed E-state index contributed by atoms with van der Waals surface area (Å²) in [6.07, 6.45) is 3.46. The van der Waals surface area contributed by atoms with Crippen molar-refractivity contribution in [2.24, 2.45) is 0 Å². The van der Waals surface area contributed by atoms with Gasteiger partial charge >= 0.3 is 0 Å². The first-order valence-electron chi connectivity index (χ1n) is 11.5. The van der Waals surface area contributed by atoms with Crippen LogP contribution in [0.4, 0.5) is 0 Å². The molecule has 1 N–H and O–H groups in total. The highest BCUT2D eigenvalue weighted by Crippen LogP contribution is 2.36. The van der Waals surface area contributed by atoms with Gasteiger partial charge in [0, 0.05) is 24.3 Å². The van der Waals surface area contributed by atoms with Gasteiger partial charge in [-0.05, 0) is 71.8 Å². The van der Waals surface area contributed by atoms with Crippen molar-refractivity contribution >= 4 is 11.6 Å². The van der Waals surface area contributed by atoms with E-state index in [-0.39, 0.29) is 0 Å². The largest absolute Gasteiger partial charge is 0.494 e. The second kappa shape index (κ2) is 12.7. The van der Waals surface area contributed by atoms with Crippen molar-refractivity contribution in [2.75, 3.05) is 40.5 Å². The van der Waals surface area contributed by atoms with Crippen molar-refractivity contribution in [2.45, 2.75) is 40.0 Å². The number of halogens is 1. The van der Waals surface area contributed by atoms with E-state index in [2.05, 4.69) is 15.5 Å². The molecule has 0 spiro atoms. The highest BCUT2D eigenvalue weighted by molar-refractivity contribution is 6.33. The van der Waals surface area contributed by atoms with Crippen LogP contribution in [0.1, 0.15) is 36.3 Å². The Morgan fingerprint density at radius 3 is 2.47 bits per heavy atom. The zero-order valence-corrected chi connectivity index (χ0v) is 21.3. The summed E-state index contributed by atoms with van der Waals surface area (Å²) in [5, 5.41) is 7.67. The first-order chi connectivity index (χ1) is 16.5. The Hall–Kier alpha value is -2.68. The third-order valence-electron chi connectivity index (χ3n) is 5.41. The normalized spacial score (nSPS) is 12.9. The van der Waals surface area contributed by atoms with Gasteiger partial charge in [0.05, 0.1) is 35.7 Å². The monoisotopic (exact) mass is 488 g/mol. The highest BCUT2D eigenvalue weighted by atomic mass is 35.5. The molecule has 1 aliphatic heterocycles. The van der Waals surface area contributed by atoms with Crippen LogP contribution in [0.3, 0.4) is 0 Å². The molecule has 4 rings (SSSR count). The van der Waals surface area contributed by atoms with Gasteiger partial charge in [-0.15, -0.1) is 0 Å². The lowest BCUT2D eigenvalue weighted by Gasteiger charge is -2.13. The molecular weight excluding hydrogens is 456 g/mol. The van der Waals surface area contributed by atoms with Crippen LogP contribution >= 0.6 is 11.6 Å². The van der Waals surface area contributed by atoms with Crippen molar-refractivity contribution in [3.05, 3.63) is 40.2 Å². The molecule has 1 fully saturated rings. The number of methoxy groups -OCH3 is 1. The van der Waals surface area contributed by atoms with Crippen molar-refractivity contribution in [1.82, 2.24) is 20.4 Å². The summed E-state index contributed by atoms with van der Waals surface area (Å²) in [6.45, 7) is 9.14. The predicted octanol–water partition coefficient (Wildman–Crippen LogP) is 5.17. The van der Waals surface area contributed by atoms with Crippen molar-refractivity contribution in [3.63, 3.8) is 0 Å². The molecule has 0 radical (unpaired) electrons. The SMILES string of the molecule is C1CCOC1.CNCCCOc1ccc(Cl)c(-c2nc(OC)c(C)c(-c3c(C)noc3C)n2)c1. The van der Waals surface area contributed by atoms with Crippen LogP contribution in [0, 0.1) is 20.8 Å². The second-order valence-corrected chi connectivity index (χ2v) is 8.40. The van der Waals surface area contributed by atoms with E-state index in [0.29, 0.717) is 46.1 Å². The van der Waals surface area contributed by atoms with Crippen molar-refractivity contribution in [3.8, 4) is 34.3 Å². The molecule has 8 nitrogen and oxygen atoms in total. The molecule has 3 aromatic rings. The Balaban J connectivity index is 0.000000574. The molecule has 0 atom stereocenters. The quantitative estimate of drug-likeness (QED) is 0.434. The van der Waals surface area contributed by atoms with Crippen LogP contribution in [0.25, 0.3) is 22.6 Å². The van der Waals surface area contributed by atoms with E-state index in [1.54, 1.807) is 13.2 Å². The minimum absolute atomic E-state index is 0.452. The molecule has 2 aromatic heterocycles. The van der Waals surface area contributed by atoms with Crippen LogP contribution in [-0.4, -0.2) is 55.6 Å². The van der Waals surface area contributed by atoms with Crippen LogP contribution in [0.5, 0.6) is 11.6 Å². The fourth-order valence-corrected chi connectivity index (χ4v) is 3.80. The lowest BCUT2D eigenvalue weighted by molar-refractivity contribution is 0.198. The molecule has 1 aromatic carbocycles. The number of nitrogens with zero attached hydrogens (tertiary/aromatic N) is 3. The van der Waals surface area contributed by atoms with Crippen LogP contribution in [-0.2, 0) is 4.74 Å². The maximum Gasteiger partial charge on any atom is 0.220 e. The van der Waals surface area contributed by atoms with E-state index < -0.39 is 0 Å². The van der Waals surface area contributed by atoms with Gasteiger partial charge in [-0.2, -0.15) is 4.98 Å². The molecule has 1 aliphatic rings. The maximum atomic E-state index is 6.47. The Kier molecular flexibility index (Phi) is 9.68. The minimum atomic E-state index is 0.452. The number of hydrogen-bond donors (Lipinski definition) is 1. The van der Waals surface area contributed by atoms with Crippen molar-refractivity contribution in [1.29, 1.82) is 0 Å². The fourth-order valence-electron chi connectivity index (χ4n) is 3.59. The van der Waals surface area contributed by atoms with Gasteiger partial charge in [-0.3, -0.25) is 0 Å². The highest BCUT2D eigenvalue weighted by Gasteiger charge is 2.21. The summed E-state index contributed by atoms with van der Waals surface area (Å²) in [5.41, 5.74) is 3.77. The van der Waals surface area contributed by atoms with Crippen LogP contribution in [0.15, 0.2) is 22.7 Å². The number of hydrogen-bond acceptors (Lipinski definition) is 8. The molecule has 9 heteroatoms. The third kappa shape index (κ3) is 6.46. The van der Waals surface area contributed by atoms with Gasteiger partial charge < -0.3 is 24.1 Å². The third-order valence-corrected chi connectivity index (χ3v) is 5.74. The van der Waals surface area contributed by atoms with Gasteiger partial charge in [0.15, 0.2) is 5.82 Å². The summed E-state index contributed by atoms with van der Waals surface area (Å²) >= 11 is 6.47. The standard InChI is InChI=1S/C21H25ClN4O3.C4H8O/c1-12-19(18-13(2)26-29-14(18)3)24-20(25-21(12)27-5)16-11-15(7-8-17(16)22)28-10-6-9-23-4;1-2-4-5-3-1/h7-8,11,23H,6,9-10H2,1-5H3;1-4H2. The topological polar surface area (TPSA) is 91.5 Å². The first-order valence-corrected chi connectivity index (χ1v) is 11.8. The Labute approximate surface area is 206 Å². The Morgan fingerprint density at radius 2 is 1.88 bits per heavy atom. The van der Waals surface area contributed by atoms with Gasteiger partial charge in [0.2, 0.25) is 5.88 Å². The van der Waals surface area contributed by atoms with E-state index in [1.165, 1.54) is 12.8 Å². The van der Waals surface area contributed by atoms with Gasteiger partial charge in [-0.1, -0.05) is 16.8 Å². The lowest BCUT2D eigenvalue weighted by atomic mass is 10.1. The van der Waals surface area contributed by atoms with Gasteiger partial charge in [0.25, 0.3) is 0 Å².